The molecule has 0 aliphatic carbocycles. The summed E-state index contributed by atoms with van der Waals surface area (Å²) in [7, 11) is 0. The Morgan fingerprint density at radius 2 is 1.85 bits per heavy atom. The predicted molar refractivity (Wildman–Crippen MR) is 51.2 cm³/mol. The van der Waals surface area contributed by atoms with Crippen LogP contribution >= 0.6 is 0 Å². The fraction of sp³-hybridized carbons (Fsp3) is 1.00. The second kappa shape index (κ2) is 7.26. The van der Waals surface area contributed by atoms with E-state index in [1.165, 1.54) is 0 Å². The first-order valence-electron chi connectivity index (χ1n) is 4.86. The Kier molecular flexibility index (Phi) is 7.17. The molecule has 0 spiro atoms. The summed E-state index contributed by atoms with van der Waals surface area (Å²) in [4.78, 5) is 0. The van der Waals surface area contributed by atoms with E-state index in [0.29, 0.717) is 6.42 Å². The topological polar surface area (TPSA) is 86.7 Å². The van der Waals surface area contributed by atoms with Gasteiger partial charge in [0.2, 0.25) is 0 Å². The summed E-state index contributed by atoms with van der Waals surface area (Å²) >= 11 is 0. The van der Waals surface area contributed by atoms with E-state index >= 15 is 0 Å². The van der Waals surface area contributed by atoms with Crippen molar-refractivity contribution in [1.29, 1.82) is 0 Å². The number of aliphatic hydroxyl groups excluding tert-OH is 3. The lowest BCUT2D eigenvalue weighted by Gasteiger charge is -2.22. The standard InChI is InChI=1S/C9H21NO3/c1-2-3-4-5-8(12)9(13)7(10)6-11/h7-9,11-13H,2-6,10H2,1H3/t7-,8+,9+/m0/s1. The van der Waals surface area contributed by atoms with E-state index in [4.69, 9.17) is 10.8 Å². The van der Waals surface area contributed by atoms with Gasteiger partial charge < -0.3 is 21.1 Å². The maximum absolute atomic E-state index is 9.40. The lowest BCUT2D eigenvalue weighted by atomic mass is 10.0. The van der Waals surface area contributed by atoms with Crippen molar-refractivity contribution in [2.24, 2.45) is 5.73 Å². The molecule has 0 aliphatic heterocycles. The molecule has 5 N–H and O–H groups in total. The Hall–Kier alpha value is -0.160. The van der Waals surface area contributed by atoms with Crippen molar-refractivity contribution in [2.45, 2.75) is 50.9 Å². The maximum Gasteiger partial charge on any atom is 0.0971 e. The molecule has 80 valence electrons. The third-order valence-corrected chi connectivity index (χ3v) is 2.15. The van der Waals surface area contributed by atoms with Gasteiger partial charge in [-0.1, -0.05) is 26.2 Å². The second-order valence-corrected chi connectivity index (χ2v) is 3.40. The van der Waals surface area contributed by atoms with Crippen LogP contribution in [0.3, 0.4) is 0 Å². The van der Waals surface area contributed by atoms with Crippen molar-refractivity contribution in [1.82, 2.24) is 0 Å². The first-order valence-corrected chi connectivity index (χ1v) is 4.86. The SMILES string of the molecule is CCCCC[C@@H](O)[C@H](O)[C@@H](N)CO. The summed E-state index contributed by atoms with van der Waals surface area (Å²) in [5.41, 5.74) is 5.36. The van der Waals surface area contributed by atoms with Crippen molar-refractivity contribution in [3.8, 4) is 0 Å². The van der Waals surface area contributed by atoms with E-state index in [1.807, 2.05) is 0 Å². The van der Waals surface area contributed by atoms with Crippen LogP contribution < -0.4 is 5.73 Å². The van der Waals surface area contributed by atoms with Crippen molar-refractivity contribution in [3.05, 3.63) is 0 Å². The van der Waals surface area contributed by atoms with Crippen LogP contribution in [0.1, 0.15) is 32.6 Å². The molecule has 0 heterocycles. The van der Waals surface area contributed by atoms with Gasteiger partial charge in [-0.25, -0.2) is 0 Å². The smallest absolute Gasteiger partial charge is 0.0971 e. The van der Waals surface area contributed by atoms with Gasteiger partial charge >= 0.3 is 0 Å². The van der Waals surface area contributed by atoms with Gasteiger partial charge in [0.05, 0.1) is 24.9 Å². The highest BCUT2D eigenvalue weighted by Crippen LogP contribution is 2.08. The zero-order valence-electron chi connectivity index (χ0n) is 8.19. The van der Waals surface area contributed by atoms with Crippen molar-refractivity contribution < 1.29 is 15.3 Å². The molecule has 0 aromatic carbocycles. The molecule has 3 atom stereocenters. The van der Waals surface area contributed by atoms with E-state index in [2.05, 4.69) is 6.92 Å². The van der Waals surface area contributed by atoms with Gasteiger partial charge in [0.25, 0.3) is 0 Å². The summed E-state index contributed by atoms with van der Waals surface area (Å²) < 4.78 is 0. The monoisotopic (exact) mass is 191 g/mol. The molecule has 0 aromatic heterocycles. The molecule has 0 bridgehead atoms. The molecule has 4 heteroatoms. The highest BCUT2D eigenvalue weighted by molar-refractivity contribution is 4.77. The molecule has 0 amide bonds. The number of nitrogens with two attached hydrogens (primary N) is 1. The molecule has 4 nitrogen and oxygen atoms in total. The van der Waals surface area contributed by atoms with E-state index in [1.54, 1.807) is 0 Å². The van der Waals surface area contributed by atoms with Gasteiger partial charge in [-0.05, 0) is 6.42 Å². The summed E-state index contributed by atoms with van der Waals surface area (Å²) in [6, 6.07) is -0.739. The Morgan fingerprint density at radius 3 is 2.31 bits per heavy atom. The van der Waals surface area contributed by atoms with Crippen LogP contribution in [0, 0.1) is 0 Å². The fourth-order valence-electron chi connectivity index (χ4n) is 1.17. The molecule has 0 rings (SSSR count). The molecule has 0 unspecified atom stereocenters. The predicted octanol–water partition coefficient (Wildman–Crippen LogP) is -0.392. The van der Waals surface area contributed by atoms with Crippen LogP contribution in [0.5, 0.6) is 0 Å². The Morgan fingerprint density at radius 1 is 1.23 bits per heavy atom. The minimum Gasteiger partial charge on any atom is -0.395 e. The third-order valence-electron chi connectivity index (χ3n) is 2.15. The minimum absolute atomic E-state index is 0.300. The number of hydrogen-bond donors (Lipinski definition) is 4. The Bertz CT molecular complexity index is 121. The molecule has 0 aromatic rings. The van der Waals surface area contributed by atoms with Gasteiger partial charge in [0, 0.05) is 0 Å². The van der Waals surface area contributed by atoms with E-state index < -0.39 is 18.2 Å². The van der Waals surface area contributed by atoms with E-state index in [-0.39, 0.29) is 6.61 Å². The quantitative estimate of drug-likeness (QED) is 0.413. The molecule has 0 saturated heterocycles. The first-order chi connectivity index (χ1) is 6.13. The fourth-order valence-corrected chi connectivity index (χ4v) is 1.17. The summed E-state index contributed by atoms with van der Waals surface area (Å²) in [6.45, 7) is 1.77. The highest BCUT2D eigenvalue weighted by Gasteiger charge is 2.21. The van der Waals surface area contributed by atoms with Crippen LogP contribution in [0.4, 0.5) is 0 Å². The normalized spacial score (nSPS) is 18.2. The van der Waals surface area contributed by atoms with Gasteiger partial charge in [-0.15, -0.1) is 0 Å². The van der Waals surface area contributed by atoms with Crippen LogP contribution in [-0.2, 0) is 0 Å². The largest absolute Gasteiger partial charge is 0.395 e. The molecule has 0 radical (unpaired) electrons. The third kappa shape index (κ3) is 5.21. The van der Waals surface area contributed by atoms with Crippen LogP contribution in [0.15, 0.2) is 0 Å². The average molecular weight is 191 g/mol. The zero-order chi connectivity index (χ0) is 10.3. The first kappa shape index (κ1) is 12.8. The lowest BCUT2D eigenvalue weighted by molar-refractivity contribution is -0.0121. The Balaban J connectivity index is 3.62. The maximum atomic E-state index is 9.40. The average Bonchev–Trinajstić information content (AvgIpc) is 2.15. The van der Waals surface area contributed by atoms with Gasteiger partial charge in [-0.3, -0.25) is 0 Å². The molecular formula is C9H21NO3. The van der Waals surface area contributed by atoms with Crippen LogP contribution in [-0.4, -0.2) is 40.2 Å². The van der Waals surface area contributed by atoms with Crippen LogP contribution in [0.2, 0.25) is 0 Å². The van der Waals surface area contributed by atoms with Crippen molar-refractivity contribution in [2.75, 3.05) is 6.61 Å². The van der Waals surface area contributed by atoms with Gasteiger partial charge in [-0.2, -0.15) is 0 Å². The highest BCUT2D eigenvalue weighted by atomic mass is 16.3. The van der Waals surface area contributed by atoms with E-state index in [0.717, 1.165) is 19.3 Å². The lowest BCUT2D eigenvalue weighted by Crippen LogP contribution is -2.45. The summed E-state index contributed by atoms with van der Waals surface area (Å²) in [5, 5.41) is 27.4. The molecule has 0 aliphatic rings. The summed E-state index contributed by atoms with van der Waals surface area (Å²) in [6.07, 6.45) is 1.72. The molecule has 0 fully saturated rings. The van der Waals surface area contributed by atoms with Gasteiger partial charge in [0.1, 0.15) is 0 Å². The number of rotatable bonds is 7. The number of hydrogen-bond acceptors (Lipinski definition) is 4. The van der Waals surface area contributed by atoms with Crippen molar-refractivity contribution in [3.63, 3.8) is 0 Å². The van der Waals surface area contributed by atoms with E-state index in [9.17, 15) is 10.2 Å². The Labute approximate surface area is 79.4 Å². The van der Waals surface area contributed by atoms with Crippen LogP contribution in [0.25, 0.3) is 0 Å². The second-order valence-electron chi connectivity index (χ2n) is 3.40. The zero-order valence-corrected chi connectivity index (χ0v) is 8.19. The van der Waals surface area contributed by atoms with Crippen molar-refractivity contribution >= 4 is 0 Å². The minimum atomic E-state index is -1.01. The molecule has 13 heavy (non-hydrogen) atoms. The summed E-state index contributed by atoms with van der Waals surface area (Å²) in [5.74, 6) is 0. The van der Waals surface area contributed by atoms with Gasteiger partial charge in [0.15, 0.2) is 0 Å². The molecular weight excluding hydrogens is 170 g/mol. The number of unbranched alkanes of at least 4 members (excludes halogenated alkanes) is 2. The number of aliphatic hydroxyl groups is 3. The molecule has 0 saturated carbocycles.